The van der Waals surface area contributed by atoms with Crippen molar-refractivity contribution in [1.82, 2.24) is 9.97 Å². The molecule has 0 unspecified atom stereocenters. The van der Waals surface area contributed by atoms with Crippen molar-refractivity contribution >= 4 is 11.8 Å². The summed E-state index contributed by atoms with van der Waals surface area (Å²) in [6, 6.07) is 2.06. The third-order valence-electron chi connectivity index (χ3n) is 2.69. The van der Waals surface area contributed by atoms with Crippen molar-refractivity contribution in [1.29, 1.82) is 0 Å². The normalized spacial score (nSPS) is 16.7. The Bertz CT molecular complexity index is 301. The van der Waals surface area contributed by atoms with E-state index in [1.165, 1.54) is 25.0 Å². The highest BCUT2D eigenvalue weighted by atomic mass is 32.2. The predicted octanol–water partition coefficient (Wildman–Crippen LogP) is 1.92. The van der Waals surface area contributed by atoms with Gasteiger partial charge in [0.2, 0.25) is 0 Å². The monoisotopic (exact) mass is 209 g/mol. The van der Waals surface area contributed by atoms with E-state index in [1.54, 1.807) is 11.8 Å². The molecule has 3 nitrogen and oxygen atoms in total. The highest BCUT2D eigenvalue weighted by Crippen LogP contribution is 2.35. The minimum Gasteiger partial charge on any atom is -0.325 e. The number of hydrogen-bond donors (Lipinski definition) is 1. The van der Waals surface area contributed by atoms with E-state index in [-0.39, 0.29) is 0 Å². The van der Waals surface area contributed by atoms with Crippen LogP contribution >= 0.6 is 11.8 Å². The zero-order valence-corrected chi connectivity index (χ0v) is 9.18. The van der Waals surface area contributed by atoms with E-state index < -0.39 is 0 Å². The van der Waals surface area contributed by atoms with E-state index in [9.17, 15) is 0 Å². The van der Waals surface area contributed by atoms with E-state index in [2.05, 4.69) is 16.0 Å². The molecule has 0 radical (unpaired) electrons. The van der Waals surface area contributed by atoms with Gasteiger partial charge in [-0.3, -0.25) is 0 Å². The summed E-state index contributed by atoms with van der Waals surface area (Å²) in [4.78, 5) is 8.86. The van der Waals surface area contributed by atoms with Crippen molar-refractivity contribution < 1.29 is 0 Å². The molecule has 0 spiro atoms. The van der Waals surface area contributed by atoms with Gasteiger partial charge in [-0.2, -0.15) is 0 Å². The first kappa shape index (κ1) is 9.93. The molecule has 0 atom stereocenters. The summed E-state index contributed by atoms with van der Waals surface area (Å²) in [6.07, 6.45) is 5.88. The molecule has 1 saturated carbocycles. The van der Waals surface area contributed by atoms with Crippen LogP contribution in [-0.4, -0.2) is 16.2 Å². The zero-order chi connectivity index (χ0) is 9.97. The van der Waals surface area contributed by atoms with Gasteiger partial charge in [-0.05, 0) is 25.2 Å². The average Bonchev–Trinajstić information content (AvgIpc) is 2.14. The molecule has 1 aromatic rings. The maximum Gasteiger partial charge on any atom is 0.187 e. The number of aromatic nitrogens is 2. The van der Waals surface area contributed by atoms with Crippen molar-refractivity contribution in [3.05, 3.63) is 17.5 Å². The number of nitrogens with zero attached hydrogens (tertiary/aromatic N) is 2. The molecule has 0 saturated heterocycles. The third-order valence-corrected chi connectivity index (χ3v) is 3.24. The van der Waals surface area contributed by atoms with E-state index in [1.807, 2.05) is 6.26 Å². The van der Waals surface area contributed by atoms with Gasteiger partial charge in [0, 0.05) is 18.2 Å². The minimum absolute atomic E-state index is 0.510. The highest BCUT2D eigenvalue weighted by molar-refractivity contribution is 7.98. The highest BCUT2D eigenvalue weighted by Gasteiger charge is 2.21. The quantitative estimate of drug-likeness (QED) is 0.610. The van der Waals surface area contributed by atoms with Gasteiger partial charge in [0.1, 0.15) is 0 Å². The van der Waals surface area contributed by atoms with Crippen molar-refractivity contribution in [3.8, 4) is 0 Å². The smallest absolute Gasteiger partial charge is 0.187 e. The fourth-order valence-corrected chi connectivity index (χ4v) is 2.01. The molecule has 1 aliphatic carbocycles. The Morgan fingerprint density at radius 3 is 2.79 bits per heavy atom. The third kappa shape index (κ3) is 1.91. The van der Waals surface area contributed by atoms with Crippen LogP contribution in [0.3, 0.4) is 0 Å². The van der Waals surface area contributed by atoms with Crippen molar-refractivity contribution in [3.63, 3.8) is 0 Å². The SMILES string of the molecule is CSc1nc(CN)cc(C2CCC2)n1. The summed E-state index contributed by atoms with van der Waals surface area (Å²) < 4.78 is 0. The molecular formula is C10H15N3S. The molecule has 1 aromatic heterocycles. The lowest BCUT2D eigenvalue weighted by Crippen LogP contribution is -2.13. The van der Waals surface area contributed by atoms with Gasteiger partial charge in [-0.1, -0.05) is 18.2 Å². The Hall–Kier alpha value is -0.610. The fourth-order valence-electron chi connectivity index (χ4n) is 1.60. The summed E-state index contributed by atoms with van der Waals surface area (Å²) in [5.41, 5.74) is 7.76. The first-order valence-corrected chi connectivity index (χ1v) is 6.18. The van der Waals surface area contributed by atoms with Gasteiger partial charge < -0.3 is 5.73 Å². The van der Waals surface area contributed by atoms with Crippen molar-refractivity contribution in [2.75, 3.05) is 6.26 Å². The van der Waals surface area contributed by atoms with Crippen LogP contribution in [0.1, 0.15) is 36.6 Å². The summed E-state index contributed by atoms with van der Waals surface area (Å²) in [5, 5.41) is 0.856. The summed E-state index contributed by atoms with van der Waals surface area (Å²) in [6.45, 7) is 0.510. The van der Waals surface area contributed by atoms with E-state index in [0.717, 1.165) is 10.9 Å². The molecule has 76 valence electrons. The van der Waals surface area contributed by atoms with Crippen LogP contribution in [0.15, 0.2) is 11.2 Å². The fraction of sp³-hybridized carbons (Fsp3) is 0.600. The maximum absolute atomic E-state index is 5.60. The van der Waals surface area contributed by atoms with Crippen LogP contribution in [-0.2, 0) is 6.54 Å². The topological polar surface area (TPSA) is 51.8 Å². The zero-order valence-electron chi connectivity index (χ0n) is 8.36. The number of nitrogens with two attached hydrogens (primary N) is 1. The summed E-state index contributed by atoms with van der Waals surface area (Å²) in [7, 11) is 0. The molecule has 0 aromatic carbocycles. The van der Waals surface area contributed by atoms with Gasteiger partial charge in [0.25, 0.3) is 0 Å². The molecule has 1 heterocycles. The van der Waals surface area contributed by atoms with Gasteiger partial charge >= 0.3 is 0 Å². The van der Waals surface area contributed by atoms with Gasteiger partial charge in [-0.15, -0.1) is 0 Å². The second-order valence-corrected chi connectivity index (χ2v) is 4.38. The first-order chi connectivity index (χ1) is 6.83. The summed E-state index contributed by atoms with van der Waals surface area (Å²) >= 11 is 1.59. The standard InChI is InChI=1S/C10H15N3S/c1-14-10-12-8(6-11)5-9(13-10)7-3-2-4-7/h5,7H,2-4,6,11H2,1H3. The van der Waals surface area contributed by atoms with Crippen LogP contribution in [0.2, 0.25) is 0 Å². The molecule has 4 heteroatoms. The lowest BCUT2D eigenvalue weighted by Gasteiger charge is -2.25. The van der Waals surface area contributed by atoms with Crippen LogP contribution in [0.25, 0.3) is 0 Å². The van der Waals surface area contributed by atoms with E-state index >= 15 is 0 Å². The molecule has 2 N–H and O–H groups in total. The first-order valence-electron chi connectivity index (χ1n) is 4.95. The maximum atomic E-state index is 5.60. The minimum atomic E-state index is 0.510. The lowest BCUT2D eigenvalue weighted by atomic mass is 9.83. The molecule has 14 heavy (non-hydrogen) atoms. The van der Waals surface area contributed by atoms with Crippen molar-refractivity contribution in [2.45, 2.75) is 36.9 Å². The average molecular weight is 209 g/mol. The predicted molar refractivity (Wildman–Crippen MR) is 58.3 cm³/mol. The molecular weight excluding hydrogens is 194 g/mol. The number of thioether (sulfide) groups is 1. The summed E-state index contributed by atoms with van der Waals surface area (Å²) in [5.74, 6) is 0.661. The van der Waals surface area contributed by atoms with Crippen LogP contribution < -0.4 is 5.73 Å². The van der Waals surface area contributed by atoms with Gasteiger partial charge in [-0.25, -0.2) is 9.97 Å². The van der Waals surface area contributed by atoms with Gasteiger partial charge in [0.05, 0.1) is 5.69 Å². The molecule has 0 aliphatic heterocycles. The second-order valence-electron chi connectivity index (χ2n) is 3.60. The molecule has 0 bridgehead atoms. The molecule has 2 rings (SSSR count). The lowest BCUT2D eigenvalue weighted by molar-refractivity contribution is 0.407. The van der Waals surface area contributed by atoms with E-state index in [4.69, 9.17) is 5.73 Å². The molecule has 1 aliphatic rings. The molecule has 1 fully saturated rings. The Morgan fingerprint density at radius 2 is 2.29 bits per heavy atom. The Morgan fingerprint density at radius 1 is 1.50 bits per heavy atom. The Kier molecular flexibility index (Phi) is 3.03. The largest absolute Gasteiger partial charge is 0.325 e. The Balaban J connectivity index is 2.28. The van der Waals surface area contributed by atoms with Crippen molar-refractivity contribution in [2.24, 2.45) is 5.73 Å². The second kappa shape index (κ2) is 4.28. The molecule has 0 amide bonds. The van der Waals surface area contributed by atoms with E-state index in [0.29, 0.717) is 12.5 Å². The van der Waals surface area contributed by atoms with Crippen LogP contribution in [0.5, 0.6) is 0 Å². The Labute approximate surface area is 88.5 Å². The number of hydrogen-bond acceptors (Lipinski definition) is 4. The van der Waals surface area contributed by atoms with Crippen LogP contribution in [0, 0.1) is 0 Å². The number of rotatable bonds is 3. The van der Waals surface area contributed by atoms with Gasteiger partial charge in [0.15, 0.2) is 5.16 Å². The van der Waals surface area contributed by atoms with Crippen LogP contribution in [0.4, 0.5) is 0 Å².